The molecule has 20 heavy (non-hydrogen) atoms. The van der Waals surface area contributed by atoms with Gasteiger partial charge in [0.2, 0.25) is 0 Å². The lowest BCUT2D eigenvalue weighted by Crippen LogP contribution is -2.51. The van der Waals surface area contributed by atoms with Crippen molar-refractivity contribution in [1.82, 2.24) is 9.80 Å². The lowest BCUT2D eigenvalue weighted by atomic mass is 9.90. The molecule has 1 aliphatic rings. The SMILES string of the molecule is Cc1scc(C(=O)N2CCC(O)(CN(C)C)CC2)c1C. The first-order valence-corrected chi connectivity index (χ1v) is 7.91. The number of likely N-dealkylation sites (N-methyl/N-ethyl adjacent to an activating group) is 1. The Labute approximate surface area is 125 Å². The Morgan fingerprint density at radius 1 is 1.40 bits per heavy atom. The van der Waals surface area contributed by atoms with E-state index in [4.69, 9.17) is 0 Å². The van der Waals surface area contributed by atoms with E-state index >= 15 is 0 Å². The van der Waals surface area contributed by atoms with E-state index in [1.54, 1.807) is 11.3 Å². The first-order valence-electron chi connectivity index (χ1n) is 7.03. The molecule has 0 spiro atoms. The average Bonchev–Trinajstić information content (AvgIpc) is 2.69. The van der Waals surface area contributed by atoms with E-state index in [-0.39, 0.29) is 5.91 Å². The molecule has 1 N–H and O–H groups in total. The van der Waals surface area contributed by atoms with Gasteiger partial charge in [0.1, 0.15) is 0 Å². The third kappa shape index (κ3) is 3.22. The second-order valence-corrected chi connectivity index (χ2v) is 7.17. The van der Waals surface area contributed by atoms with Crippen molar-refractivity contribution in [2.24, 2.45) is 0 Å². The maximum Gasteiger partial charge on any atom is 0.254 e. The van der Waals surface area contributed by atoms with E-state index in [2.05, 4.69) is 0 Å². The standard InChI is InChI=1S/C15H24N2O2S/c1-11-12(2)20-9-13(11)14(18)17-7-5-15(19,6-8-17)10-16(3)4/h9,19H,5-8,10H2,1-4H3. The van der Waals surface area contributed by atoms with Gasteiger partial charge in [-0.05, 0) is 46.3 Å². The van der Waals surface area contributed by atoms with Crippen LogP contribution in [0, 0.1) is 13.8 Å². The van der Waals surface area contributed by atoms with Crippen molar-refractivity contribution in [2.45, 2.75) is 32.3 Å². The highest BCUT2D eigenvalue weighted by Gasteiger charge is 2.34. The molecule has 1 amide bonds. The first kappa shape index (κ1) is 15.5. The third-order valence-electron chi connectivity index (χ3n) is 4.11. The minimum atomic E-state index is -0.653. The fraction of sp³-hybridized carbons (Fsp3) is 0.667. The lowest BCUT2D eigenvalue weighted by Gasteiger charge is -2.39. The molecule has 1 aliphatic heterocycles. The number of likely N-dealkylation sites (tertiary alicyclic amines) is 1. The molecule has 2 rings (SSSR count). The Morgan fingerprint density at radius 3 is 2.45 bits per heavy atom. The zero-order valence-corrected chi connectivity index (χ0v) is 13.6. The lowest BCUT2D eigenvalue weighted by molar-refractivity contribution is -0.0324. The number of amides is 1. The molecule has 0 aromatic carbocycles. The summed E-state index contributed by atoms with van der Waals surface area (Å²) in [6, 6.07) is 0. The van der Waals surface area contributed by atoms with E-state index in [9.17, 15) is 9.90 Å². The van der Waals surface area contributed by atoms with E-state index in [1.807, 2.05) is 43.1 Å². The van der Waals surface area contributed by atoms with Crippen LogP contribution in [0.2, 0.25) is 0 Å². The maximum atomic E-state index is 12.5. The number of aliphatic hydroxyl groups is 1. The number of thiophene rings is 1. The summed E-state index contributed by atoms with van der Waals surface area (Å²) < 4.78 is 0. The molecule has 0 atom stereocenters. The number of hydrogen-bond donors (Lipinski definition) is 1. The van der Waals surface area contributed by atoms with Crippen molar-refractivity contribution in [3.63, 3.8) is 0 Å². The van der Waals surface area contributed by atoms with Crippen LogP contribution in [0.25, 0.3) is 0 Å². The summed E-state index contributed by atoms with van der Waals surface area (Å²) >= 11 is 1.63. The number of nitrogens with zero attached hydrogens (tertiary/aromatic N) is 2. The molecule has 0 aliphatic carbocycles. The molecule has 5 heteroatoms. The van der Waals surface area contributed by atoms with E-state index in [1.165, 1.54) is 4.88 Å². The van der Waals surface area contributed by atoms with Gasteiger partial charge in [0.25, 0.3) is 5.91 Å². The Kier molecular flexibility index (Phi) is 4.52. The van der Waals surface area contributed by atoms with Crippen LogP contribution in [0.1, 0.15) is 33.6 Å². The van der Waals surface area contributed by atoms with Crippen LogP contribution in [-0.4, -0.2) is 60.1 Å². The van der Waals surface area contributed by atoms with Gasteiger partial charge >= 0.3 is 0 Å². The molecular formula is C15H24N2O2S. The van der Waals surface area contributed by atoms with Crippen LogP contribution in [0.4, 0.5) is 0 Å². The fourth-order valence-electron chi connectivity index (χ4n) is 2.77. The number of rotatable bonds is 3. The Bertz CT molecular complexity index is 488. The van der Waals surface area contributed by atoms with Gasteiger partial charge in [-0.15, -0.1) is 11.3 Å². The third-order valence-corrected chi connectivity index (χ3v) is 5.12. The van der Waals surface area contributed by atoms with Crippen molar-refractivity contribution >= 4 is 17.2 Å². The van der Waals surface area contributed by atoms with Crippen LogP contribution < -0.4 is 0 Å². The number of carbonyl (C=O) groups excluding carboxylic acids is 1. The van der Waals surface area contributed by atoms with Gasteiger partial charge in [-0.1, -0.05) is 0 Å². The number of carbonyl (C=O) groups is 1. The Hall–Kier alpha value is -0.910. The van der Waals surface area contributed by atoms with E-state index in [0.717, 1.165) is 11.1 Å². The molecule has 112 valence electrons. The molecule has 1 aromatic rings. The smallest absolute Gasteiger partial charge is 0.254 e. The molecule has 1 aromatic heterocycles. The van der Waals surface area contributed by atoms with Crippen LogP contribution >= 0.6 is 11.3 Å². The topological polar surface area (TPSA) is 43.8 Å². The van der Waals surface area contributed by atoms with Crippen molar-refractivity contribution in [3.8, 4) is 0 Å². The van der Waals surface area contributed by atoms with Crippen LogP contribution in [0.3, 0.4) is 0 Å². The summed E-state index contributed by atoms with van der Waals surface area (Å²) in [5.41, 5.74) is 1.26. The number of hydrogen-bond acceptors (Lipinski definition) is 4. The minimum Gasteiger partial charge on any atom is -0.388 e. The molecule has 0 saturated carbocycles. The zero-order chi connectivity index (χ0) is 14.9. The van der Waals surface area contributed by atoms with Crippen molar-refractivity contribution in [1.29, 1.82) is 0 Å². The zero-order valence-electron chi connectivity index (χ0n) is 12.8. The highest BCUT2D eigenvalue weighted by molar-refractivity contribution is 7.10. The summed E-state index contributed by atoms with van der Waals surface area (Å²) in [5, 5.41) is 12.4. The van der Waals surface area contributed by atoms with Gasteiger partial charge in [-0.3, -0.25) is 4.79 Å². The largest absolute Gasteiger partial charge is 0.388 e. The predicted octanol–water partition coefficient (Wildman–Crippen LogP) is 1.89. The van der Waals surface area contributed by atoms with Crippen LogP contribution in [0.5, 0.6) is 0 Å². The second kappa shape index (κ2) is 5.84. The molecular weight excluding hydrogens is 272 g/mol. The van der Waals surface area contributed by atoms with Crippen molar-refractivity contribution in [3.05, 3.63) is 21.4 Å². The van der Waals surface area contributed by atoms with Crippen molar-refractivity contribution < 1.29 is 9.90 Å². The summed E-state index contributed by atoms with van der Waals surface area (Å²) in [7, 11) is 3.93. The molecule has 1 fully saturated rings. The van der Waals surface area contributed by atoms with Crippen LogP contribution in [-0.2, 0) is 0 Å². The fourth-order valence-corrected chi connectivity index (χ4v) is 3.63. The van der Waals surface area contributed by atoms with Gasteiger partial charge < -0.3 is 14.9 Å². The quantitative estimate of drug-likeness (QED) is 0.926. The first-order chi connectivity index (χ1) is 9.32. The molecule has 2 heterocycles. The van der Waals surface area contributed by atoms with Gasteiger partial charge in [-0.25, -0.2) is 0 Å². The molecule has 0 unspecified atom stereocenters. The van der Waals surface area contributed by atoms with Crippen molar-refractivity contribution in [2.75, 3.05) is 33.7 Å². The monoisotopic (exact) mass is 296 g/mol. The van der Waals surface area contributed by atoms with E-state index < -0.39 is 5.60 Å². The summed E-state index contributed by atoms with van der Waals surface area (Å²) in [6.07, 6.45) is 1.30. The number of piperidine rings is 1. The van der Waals surface area contributed by atoms with E-state index in [0.29, 0.717) is 32.5 Å². The maximum absolute atomic E-state index is 12.5. The van der Waals surface area contributed by atoms with Gasteiger partial charge in [0.05, 0.1) is 11.2 Å². The molecule has 1 saturated heterocycles. The Balaban J connectivity index is 2.00. The second-order valence-electron chi connectivity index (χ2n) is 6.08. The normalized spacial score (nSPS) is 18.6. The van der Waals surface area contributed by atoms with Gasteiger partial charge in [-0.2, -0.15) is 0 Å². The van der Waals surface area contributed by atoms with Gasteiger partial charge in [0, 0.05) is 29.9 Å². The number of aryl methyl sites for hydroxylation is 1. The summed E-state index contributed by atoms with van der Waals surface area (Å²) in [6.45, 7) is 5.98. The highest BCUT2D eigenvalue weighted by atomic mass is 32.1. The minimum absolute atomic E-state index is 0.110. The molecule has 4 nitrogen and oxygen atoms in total. The Morgan fingerprint density at radius 2 is 2.00 bits per heavy atom. The summed E-state index contributed by atoms with van der Waals surface area (Å²) in [4.78, 5) is 17.6. The highest BCUT2D eigenvalue weighted by Crippen LogP contribution is 2.27. The average molecular weight is 296 g/mol. The molecule has 0 radical (unpaired) electrons. The summed E-state index contributed by atoms with van der Waals surface area (Å²) in [5.74, 6) is 0.110. The van der Waals surface area contributed by atoms with Crippen LogP contribution in [0.15, 0.2) is 5.38 Å². The van der Waals surface area contributed by atoms with Gasteiger partial charge in [0.15, 0.2) is 0 Å². The predicted molar refractivity (Wildman–Crippen MR) is 82.4 cm³/mol. The molecule has 0 bridgehead atoms.